The van der Waals surface area contributed by atoms with Gasteiger partial charge in [0.15, 0.2) is 0 Å². The second-order valence-corrected chi connectivity index (χ2v) is 5.41. The largest absolute Gasteiger partial charge is 0.496 e. The molecule has 3 nitrogen and oxygen atoms in total. The molecule has 0 atom stereocenters. The van der Waals surface area contributed by atoms with Gasteiger partial charge in [0.05, 0.1) is 7.11 Å². The van der Waals surface area contributed by atoms with Crippen LogP contribution < -0.4 is 4.74 Å². The second kappa shape index (κ2) is 6.99. The SMILES string of the molecule is COc1ccc(Br)cc1CN(C)CCN(C)C. The van der Waals surface area contributed by atoms with Gasteiger partial charge in [-0.05, 0) is 39.3 Å². The van der Waals surface area contributed by atoms with Crippen molar-refractivity contribution in [3.05, 3.63) is 28.2 Å². The Balaban J connectivity index is 2.63. The quantitative estimate of drug-likeness (QED) is 0.803. The number of benzene rings is 1. The van der Waals surface area contributed by atoms with Gasteiger partial charge in [-0.15, -0.1) is 0 Å². The van der Waals surface area contributed by atoms with Gasteiger partial charge in [-0.2, -0.15) is 0 Å². The first-order chi connectivity index (χ1) is 8.02. The number of halogens is 1. The molecule has 0 aromatic heterocycles. The lowest BCUT2D eigenvalue weighted by atomic mass is 10.2. The Hall–Kier alpha value is -0.580. The number of hydrogen-bond acceptors (Lipinski definition) is 3. The third-order valence-electron chi connectivity index (χ3n) is 2.61. The first kappa shape index (κ1) is 14.5. The summed E-state index contributed by atoms with van der Waals surface area (Å²) in [7, 11) is 8.03. The van der Waals surface area contributed by atoms with Crippen molar-refractivity contribution in [2.75, 3.05) is 41.3 Å². The van der Waals surface area contributed by atoms with Gasteiger partial charge in [0, 0.05) is 29.7 Å². The Labute approximate surface area is 112 Å². The van der Waals surface area contributed by atoms with Crippen LogP contribution in [0.1, 0.15) is 5.56 Å². The summed E-state index contributed by atoms with van der Waals surface area (Å²) in [6.07, 6.45) is 0. The van der Waals surface area contributed by atoms with Crippen LogP contribution in [0, 0.1) is 0 Å². The number of nitrogens with zero attached hydrogens (tertiary/aromatic N) is 2. The molecule has 0 bridgehead atoms. The van der Waals surface area contributed by atoms with E-state index in [4.69, 9.17) is 4.74 Å². The number of likely N-dealkylation sites (N-methyl/N-ethyl adjacent to an activating group) is 2. The third kappa shape index (κ3) is 5.06. The Bertz CT molecular complexity index is 355. The van der Waals surface area contributed by atoms with Crippen molar-refractivity contribution in [1.29, 1.82) is 0 Å². The smallest absolute Gasteiger partial charge is 0.123 e. The van der Waals surface area contributed by atoms with Crippen LogP contribution in [-0.4, -0.2) is 51.1 Å². The fourth-order valence-electron chi connectivity index (χ4n) is 1.61. The number of methoxy groups -OCH3 is 1. The summed E-state index contributed by atoms with van der Waals surface area (Å²) >= 11 is 3.50. The minimum Gasteiger partial charge on any atom is -0.496 e. The fraction of sp³-hybridized carbons (Fsp3) is 0.538. The van der Waals surface area contributed by atoms with Gasteiger partial charge < -0.3 is 14.5 Å². The van der Waals surface area contributed by atoms with E-state index in [1.807, 2.05) is 12.1 Å². The molecule has 1 rings (SSSR count). The van der Waals surface area contributed by atoms with E-state index in [0.717, 1.165) is 29.9 Å². The molecule has 0 amide bonds. The predicted octanol–water partition coefficient (Wildman–Crippen LogP) is 2.45. The minimum absolute atomic E-state index is 0.899. The molecule has 17 heavy (non-hydrogen) atoms. The molecule has 0 heterocycles. The van der Waals surface area contributed by atoms with Gasteiger partial charge in [0.25, 0.3) is 0 Å². The zero-order valence-electron chi connectivity index (χ0n) is 11.0. The second-order valence-electron chi connectivity index (χ2n) is 4.50. The molecule has 0 aliphatic carbocycles. The summed E-state index contributed by atoms with van der Waals surface area (Å²) in [6.45, 7) is 3.01. The Morgan fingerprint density at radius 3 is 2.47 bits per heavy atom. The lowest BCUT2D eigenvalue weighted by Crippen LogP contribution is -2.28. The van der Waals surface area contributed by atoms with Crippen molar-refractivity contribution in [2.45, 2.75) is 6.54 Å². The predicted molar refractivity (Wildman–Crippen MR) is 75.6 cm³/mol. The molecule has 0 spiro atoms. The average Bonchev–Trinajstić information content (AvgIpc) is 2.27. The van der Waals surface area contributed by atoms with Gasteiger partial charge in [0.2, 0.25) is 0 Å². The maximum atomic E-state index is 5.37. The summed E-state index contributed by atoms with van der Waals surface area (Å²) in [4.78, 5) is 4.49. The molecule has 0 radical (unpaired) electrons. The Morgan fingerprint density at radius 2 is 1.88 bits per heavy atom. The van der Waals surface area contributed by atoms with Crippen LogP contribution in [0.2, 0.25) is 0 Å². The van der Waals surface area contributed by atoms with Crippen molar-refractivity contribution < 1.29 is 4.74 Å². The standard InChI is InChI=1S/C13H21BrN2O/c1-15(2)7-8-16(3)10-11-9-12(14)5-6-13(11)17-4/h5-6,9H,7-8,10H2,1-4H3. The van der Waals surface area contributed by atoms with E-state index in [-0.39, 0.29) is 0 Å². The molecule has 96 valence electrons. The van der Waals surface area contributed by atoms with Crippen molar-refractivity contribution in [1.82, 2.24) is 9.80 Å². The maximum Gasteiger partial charge on any atom is 0.123 e. The van der Waals surface area contributed by atoms with E-state index in [2.05, 4.69) is 52.9 Å². The molecule has 1 aromatic carbocycles. The van der Waals surface area contributed by atoms with E-state index >= 15 is 0 Å². The van der Waals surface area contributed by atoms with E-state index < -0.39 is 0 Å². The summed E-state index contributed by atoms with van der Waals surface area (Å²) < 4.78 is 6.46. The molecule has 0 N–H and O–H groups in total. The highest BCUT2D eigenvalue weighted by Gasteiger charge is 2.07. The van der Waals surface area contributed by atoms with E-state index in [1.54, 1.807) is 7.11 Å². The maximum absolute atomic E-state index is 5.37. The van der Waals surface area contributed by atoms with Crippen LogP contribution >= 0.6 is 15.9 Å². The number of hydrogen-bond donors (Lipinski definition) is 0. The van der Waals surface area contributed by atoms with Gasteiger partial charge in [-0.25, -0.2) is 0 Å². The topological polar surface area (TPSA) is 15.7 Å². The molecular weight excluding hydrogens is 280 g/mol. The molecular formula is C13H21BrN2O. The average molecular weight is 301 g/mol. The van der Waals surface area contributed by atoms with E-state index in [1.165, 1.54) is 5.56 Å². The summed E-state index contributed by atoms with van der Waals surface area (Å²) in [5, 5.41) is 0. The third-order valence-corrected chi connectivity index (χ3v) is 3.10. The minimum atomic E-state index is 0.899. The Morgan fingerprint density at radius 1 is 1.18 bits per heavy atom. The van der Waals surface area contributed by atoms with Crippen molar-refractivity contribution in [2.24, 2.45) is 0 Å². The van der Waals surface area contributed by atoms with Crippen molar-refractivity contribution in [3.8, 4) is 5.75 Å². The number of rotatable bonds is 6. The van der Waals surface area contributed by atoms with Crippen LogP contribution in [0.3, 0.4) is 0 Å². The lowest BCUT2D eigenvalue weighted by Gasteiger charge is -2.20. The molecule has 1 aromatic rings. The summed E-state index contributed by atoms with van der Waals surface area (Å²) in [5.41, 5.74) is 1.21. The molecule has 0 saturated heterocycles. The molecule has 0 aliphatic heterocycles. The monoisotopic (exact) mass is 300 g/mol. The van der Waals surface area contributed by atoms with Crippen LogP contribution in [0.15, 0.2) is 22.7 Å². The first-order valence-corrected chi connectivity index (χ1v) is 6.48. The summed E-state index contributed by atoms with van der Waals surface area (Å²) in [6, 6.07) is 6.12. The zero-order valence-corrected chi connectivity index (χ0v) is 12.6. The highest BCUT2D eigenvalue weighted by Crippen LogP contribution is 2.23. The first-order valence-electron chi connectivity index (χ1n) is 5.68. The van der Waals surface area contributed by atoms with Crippen molar-refractivity contribution in [3.63, 3.8) is 0 Å². The molecule has 0 aliphatic rings. The van der Waals surface area contributed by atoms with Gasteiger partial charge >= 0.3 is 0 Å². The van der Waals surface area contributed by atoms with Crippen LogP contribution in [0.5, 0.6) is 5.75 Å². The van der Waals surface area contributed by atoms with Crippen LogP contribution in [-0.2, 0) is 6.54 Å². The lowest BCUT2D eigenvalue weighted by molar-refractivity contribution is 0.272. The van der Waals surface area contributed by atoms with Crippen molar-refractivity contribution >= 4 is 15.9 Å². The Kier molecular flexibility index (Phi) is 5.95. The molecule has 0 unspecified atom stereocenters. The van der Waals surface area contributed by atoms with Gasteiger partial charge in [0.1, 0.15) is 5.75 Å². The fourth-order valence-corrected chi connectivity index (χ4v) is 2.02. The molecule has 4 heteroatoms. The molecule has 0 saturated carbocycles. The van der Waals surface area contributed by atoms with Gasteiger partial charge in [-0.1, -0.05) is 15.9 Å². The molecule has 0 fully saturated rings. The van der Waals surface area contributed by atoms with Crippen LogP contribution in [0.4, 0.5) is 0 Å². The zero-order chi connectivity index (χ0) is 12.8. The highest BCUT2D eigenvalue weighted by atomic mass is 79.9. The van der Waals surface area contributed by atoms with E-state index in [9.17, 15) is 0 Å². The van der Waals surface area contributed by atoms with E-state index in [0.29, 0.717) is 0 Å². The van der Waals surface area contributed by atoms with Gasteiger partial charge in [-0.3, -0.25) is 0 Å². The highest BCUT2D eigenvalue weighted by molar-refractivity contribution is 9.10. The normalized spacial score (nSPS) is 11.2. The van der Waals surface area contributed by atoms with Crippen LogP contribution in [0.25, 0.3) is 0 Å². The number of ether oxygens (including phenoxy) is 1. The summed E-state index contributed by atoms with van der Waals surface area (Å²) in [5.74, 6) is 0.949.